The predicted molar refractivity (Wildman–Crippen MR) is 82.4 cm³/mol. The molecule has 1 aliphatic rings. The number of anilines is 1. The summed E-state index contributed by atoms with van der Waals surface area (Å²) < 4.78 is 18.7. The number of hydrogen-bond donors (Lipinski definition) is 2. The van der Waals surface area contributed by atoms with Crippen molar-refractivity contribution in [3.63, 3.8) is 0 Å². The van der Waals surface area contributed by atoms with Gasteiger partial charge in [0.15, 0.2) is 0 Å². The minimum Gasteiger partial charge on any atom is -0.469 e. The fourth-order valence-corrected chi connectivity index (χ4v) is 2.72. The molecular formula is C17H17FN2O3. The Morgan fingerprint density at radius 3 is 3.04 bits per heavy atom. The Morgan fingerprint density at radius 1 is 1.39 bits per heavy atom. The Morgan fingerprint density at radius 2 is 2.26 bits per heavy atom. The van der Waals surface area contributed by atoms with E-state index < -0.39 is 11.7 Å². The van der Waals surface area contributed by atoms with Crippen LogP contribution in [-0.2, 0) is 16.0 Å². The van der Waals surface area contributed by atoms with Gasteiger partial charge in [0.05, 0.1) is 12.2 Å². The molecule has 0 aliphatic carbocycles. The van der Waals surface area contributed by atoms with Gasteiger partial charge in [0.1, 0.15) is 11.6 Å². The van der Waals surface area contributed by atoms with Gasteiger partial charge in [-0.3, -0.25) is 9.59 Å². The Kier molecular flexibility index (Phi) is 4.41. The van der Waals surface area contributed by atoms with Crippen LogP contribution in [0.1, 0.15) is 30.1 Å². The maximum atomic E-state index is 13.4. The molecule has 2 heterocycles. The molecule has 2 N–H and O–H groups in total. The third-order valence-corrected chi connectivity index (χ3v) is 3.85. The smallest absolute Gasteiger partial charge is 0.228 e. The Balaban J connectivity index is 1.61. The summed E-state index contributed by atoms with van der Waals surface area (Å²) in [4.78, 5) is 24.1. The second-order valence-electron chi connectivity index (χ2n) is 5.51. The lowest BCUT2D eigenvalue weighted by Crippen LogP contribution is -2.35. The van der Waals surface area contributed by atoms with Gasteiger partial charge >= 0.3 is 0 Å². The number of amides is 2. The number of fused-ring (bicyclic) bond motifs is 1. The first-order valence-corrected chi connectivity index (χ1v) is 7.53. The average molecular weight is 316 g/mol. The first-order valence-electron chi connectivity index (χ1n) is 7.53. The number of aryl methyl sites for hydroxylation is 1. The summed E-state index contributed by atoms with van der Waals surface area (Å²) in [7, 11) is 0. The van der Waals surface area contributed by atoms with Crippen molar-refractivity contribution in [1.82, 2.24) is 5.32 Å². The predicted octanol–water partition coefficient (Wildman–Crippen LogP) is 2.59. The van der Waals surface area contributed by atoms with E-state index in [2.05, 4.69) is 10.6 Å². The van der Waals surface area contributed by atoms with Crippen molar-refractivity contribution in [2.75, 3.05) is 11.9 Å². The van der Waals surface area contributed by atoms with Crippen LogP contribution in [0.25, 0.3) is 0 Å². The van der Waals surface area contributed by atoms with Crippen molar-refractivity contribution >= 4 is 17.5 Å². The van der Waals surface area contributed by atoms with Gasteiger partial charge in [0.25, 0.3) is 0 Å². The minimum absolute atomic E-state index is 0.0282. The van der Waals surface area contributed by atoms with E-state index in [0.29, 0.717) is 17.8 Å². The Bertz CT molecular complexity index is 713. The van der Waals surface area contributed by atoms with Gasteiger partial charge in [0, 0.05) is 25.1 Å². The zero-order chi connectivity index (χ0) is 16.2. The molecule has 6 heteroatoms. The second-order valence-corrected chi connectivity index (χ2v) is 5.51. The van der Waals surface area contributed by atoms with Crippen LogP contribution in [0.5, 0.6) is 0 Å². The van der Waals surface area contributed by atoms with E-state index in [-0.39, 0.29) is 18.2 Å². The molecule has 0 saturated carbocycles. The standard InChI is InChI=1S/C17H17FN2O3/c18-11-5-6-15-13(9-11)14(10-16(21)20-15)17(22)19-7-1-3-12-4-2-8-23-12/h2,4-6,8-9,14H,1,3,7,10H2,(H,19,22)(H,20,21)/t14-/m1/s1. The van der Waals surface area contributed by atoms with Crippen molar-refractivity contribution in [1.29, 1.82) is 0 Å². The van der Waals surface area contributed by atoms with Gasteiger partial charge < -0.3 is 15.1 Å². The largest absolute Gasteiger partial charge is 0.469 e. The molecule has 0 radical (unpaired) electrons. The maximum absolute atomic E-state index is 13.4. The molecule has 1 aromatic heterocycles. The molecular weight excluding hydrogens is 299 g/mol. The maximum Gasteiger partial charge on any atom is 0.228 e. The minimum atomic E-state index is -0.655. The van der Waals surface area contributed by atoms with Crippen LogP contribution in [0.4, 0.5) is 10.1 Å². The van der Waals surface area contributed by atoms with Crippen molar-refractivity contribution in [3.8, 4) is 0 Å². The summed E-state index contributed by atoms with van der Waals surface area (Å²) >= 11 is 0. The summed E-state index contributed by atoms with van der Waals surface area (Å²) in [6.45, 7) is 0.475. The number of hydrogen-bond acceptors (Lipinski definition) is 3. The molecule has 120 valence electrons. The van der Waals surface area contributed by atoms with E-state index >= 15 is 0 Å². The van der Waals surface area contributed by atoms with Crippen LogP contribution in [0, 0.1) is 5.82 Å². The summed E-state index contributed by atoms with van der Waals surface area (Å²) in [6, 6.07) is 7.76. The lowest BCUT2D eigenvalue weighted by Gasteiger charge is -2.24. The topological polar surface area (TPSA) is 71.3 Å². The molecule has 0 saturated heterocycles. The number of carbonyl (C=O) groups excluding carboxylic acids is 2. The zero-order valence-corrected chi connectivity index (χ0v) is 12.5. The fourth-order valence-electron chi connectivity index (χ4n) is 2.72. The van der Waals surface area contributed by atoms with Crippen molar-refractivity contribution in [2.45, 2.75) is 25.2 Å². The van der Waals surface area contributed by atoms with Gasteiger partial charge in [-0.15, -0.1) is 0 Å². The van der Waals surface area contributed by atoms with Crippen molar-refractivity contribution in [2.24, 2.45) is 0 Å². The molecule has 3 rings (SSSR count). The van der Waals surface area contributed by atoms with Gasteiger partial charge in [-0.2, -0.15) is 0 Å². The third kappa shape index (κ3) is 3.59. The van der Waals surface area contributed by atoms with Gasteiger partial charge in [-0.1, -0.05) is 0 Å². The van der Waals surface area contributed by atoms with Gasteiger partial charge in [-0.25, -0.2) is 4.39 Å². The van der Waals surface area contributed by atoms with Crippen LogP contribution >= 0.6 is 0 Å². The number of nitrogens with one attached hydrogen (secondary N) is 2. The molecule has 1 aliphatic heterocycles. The molecule has 1 aromatic carbocycles. The molecule has 2 amide bonds. The summed E-state index contributed by atoms with van der Waals surface area (Å²) in [5, 5.41) is 5.47. The van der Waals surface area contributed by atoms with Crippen LogP contribution in [0.3, 0.4) is 0 Å². The Labute approximate surface area is 132 Å². The molecule has 1 atom stereocenters. The lowest BCUT2D eigenvalue weighted by atomic mass is 9.89. The van der Waals surface area contributed by atoms with E-state index in [9.17, 15) is 14.0 Å². The highest BCUT2D eigenvalue weighted by atomic mass is 19.1. The average Bonchev–Trinajstić information content (AvgIpc) is 3.04. The van der Waals surface area contributed by atoms with E-state index in [4.69, 9.17) is 4.42 Å². The molecule has 2 aromatic rings. The highest BCUT2D eigenvalue weighted by Crippen LogP contribution is 2.32. The molecule has 0 spiro atoms. The highest BCUT2D eigenvalue weighted by Gasteiger charge is 2.30. The summed E-state index contributed by atoms with van der Waals surface area (Å²) in [6.07, 6.45) is 3.10. The van der Waals surface area contributed by atoms with Crippen LogP contribution in [0.15, 0.2) is 41.0 Å². The fraction of sp³-hybridized carbons (Fsp3) is 0.294. The SMILES string of the molecule is O=C1C[C@@H](C(=O)NCCCc2ccco2)c2cc(F)ccc2N1. The molecule has 5 nitrogen and oxygen atoms in total. The van der Waals surface area contributed by atoms with Crippen LogP contribution < -0.4 is 10.6 Å². The monoisotopic (exact) mass is 316 g/mol. The summed E-state index contributed by atoms with van der Waals surface area (Å²) in [5.74, 6) is -0.705. The molecule has 0 fully saturated rings. The number of halogens is 1. The zero-order valence-electron chi connectivity index (χ0n) is 12.5. The highest BCUT2D eigenvalue weighted by molar-refractivity contribution is 6.01. The van der Waals surface area contributed by atoms with E-state index in [0.717, 1.165) is 18.6 Å². The van der Waals surface area contributed by atoms with Crippen LogP contribution in [-0.4, -0.2) is 18.4 Å². The molecule has 0 bridgehead atoms. The molecule has 0 unspecified atom stereocenters. The van der Waals surface area contributed by atoms with Crippen molar-refractivity contribution < 1.29 is 18.4 Å². The van der Waals surface area contributed by atoms with Gasteiger partial charge in [0.2, 0.25) is 11.8 Å². The summed E-state index contributed by atoms with van der Waals surface area (Å²) in [5.41, 5.74) is 1.02. The van der Waals surface area contributed by atoms with E-state index in [1.165, 1.54) is 18.2 Å². The number of rotatable bonds is 5. The second kappa shape index (κ2) is 6.64. The lowest BCUT2D eigenvalue weighted by molar-refractivity contribution is -0.126. The van der Waals surface area contributed by atoms with E-state index in [1.54, 1.807) is 6.26 Å². The number of carbonyl (C=O) groups is 2. The number of furan rings is 1. The first-order chi connectivity index (χ1) is 11.1. The quantitative estimate of drug-likeness (QED) is 0.833. The van der Waals surface area contributed by atoms with E-state index in [1.807, 2.05) is 12.1 Å². The van der Waals surface area contributed by atoms with Crippen molar-refractivity contribution in [3.05, 3.63) is 53.7 Å². The van der Waals surface area contributed by atoms with Gasteiger partial charge in [-0.05, 0) is 42.3 Å². The normalized spacial score (nSPS) is 16.6. The third-order valence-electron chi connectivity index (χ3n) is 3.85. The first kappa shape index (κ1) is 15.3. The number of benzene rings is 1. The molecule has 23 heavy (non-hydrogen) atoms. The van der Waals surface area contributed by atoms with Crippen LogP contribution in [0.2, 0.25) is 0 Å². The Hall–Kier alpha value is -2.63.